The van der Waals surface area contributed by atoms with Gasteiger partial charge in [-0.1, -0.05) is 13.8 Å². The zero-order valence-electron chi connectivity index (χ0n) is 9.64. The van der Waals surface area contributed by atoms with Gasteiger partial charge in [-0.3, -0.25) is 0 Å². The largest absolute Gasteiger partial charge is 0.369 e. The Morgan fingerprint density at radius 3 is 3.25 bits per heavy atom. The van der Waals surface area contributed by atoms with Crippen molar-refractivity contribution < 1.29 is 0 Å². The molecule has 1 N–H and O–H groups in total. The lowest BCUT2D eigenvalue weighted by Gasteiger charge is -2.30. The van der Waals surface area contributed by atoms with Gasteiger partial charge in [0.15, 0.2) is 5.65 Å². The Balaban J connectivity index is 2.22. The molecular weight excluding hydrogens is 200 g/mol. The van der Waals surface area contributed by atoms with Crippen LogP contribution in [-0.2, 0) is 0 Å². The number of hydrogen-bond acceptors (Lipinski definition) is 3. The second-order valence-electron chi connectivity index (χ2n) is 4.50. The maximum atomic E-state index is 4.60. The van der Waals surface area contributed by atoms with Crippen LogP contribution in [0.1, 0.15) is 26.3 Å². The lowest BCUT2D eigenvalue weighted by molar-refractivity contribution is 0.314. The van der Waals surface area contributed by atoms with Crippen molar-refractivity contribution in [1.29, 1.82) is 0 Å². The van der Waals surface area contributed by atoms with E-state index in [1.165, 1.54) is 0 Å². The minimum absolute atomic E-state index is 0.491. The molecule has 1 aliphatic heterocycles. The van der Waals surface area contributed by atoms with Crippen LogP contribution in [0.15, 0.2) is 18.3 Å². The van der Waals surface area contributed by atoms with Crippen LogP contribution in [0, 0.1) is 5.92 Å². The van der Waals surface area contributed by atoms with Gasteiger partial charge in [0.25, 0.3) is 0 Å². The minimum atomic E-state index is 0.491. The molecule has 0 saturated carbocycles. The van der Waals surface area contributed by atoms with Crippen LogP contribution in [0.5, 0.6) is 0 Å². The van der Waals surface area contributed by atoms with Gasteiger partial charge in [0.05, 0.1) is 11.4 Å². The quantitative estimate of drug-likeness (QED) is 0.796. The van der Waals surface area contributed by atoms with Crippen LogP contribution in [0.2, 0.25) is 0 Å². The molecule has 2 aromatic heterocycles. The van der Waals surface area contributed by atoms with Crippen molar-refractivity contribution in [2.24, 2.45) is 5.92 Å². The first kappa shape index (κ1) is 9.63. The van der Waals surface area contributed by atoms with Crippen LogP contribution in [0.25, 0.3) is 11.0 Å². The molecule has 1 aliphatic rings. The van der Waals surface area contributed by atoms with Gasteiger partial charge in [-0.05, 0) is 24.5 Å². The third-order valence-corrected chi connectivity index (χ3v) is 3.45. The molecule has 0 amide bonds. The molecule has 4 heteroatoms. The fourth-order valence-corrected chi connectivity index (χ4v) is 2.56. The first-order chi connectivity index (χ1) is 7.81. The highest BCUT2D eigenvalue weighted by atomic mass is 15.4. The third kappa shape index (κ3) is 1.22. The molecule has 0 bridgehead atoms. The molecule has 0 radical (unpaired) electrons. The van der Waals surface area contributed by atoms with Gasteiger partial charge in [0.2, 0.25) is 0 Å². The van der Waals surface area contributed by atoms with Crippen molar-refractivity contribution in [3.05, 3.63) is 18.3 Å². The van der Waals surface area contributed by atoms with Crippen LogP contribution in [0.3, 0.4) is 0 Å². The Morgan fingerprint density at radius 2 is 2.44 bits per heavy atom. The molecule has 2 aromatic rings. The first-order valence-electron chi connectivity index (χ1n) is 5.88. The number of nitrogens with one attached hydrogen (secondary N) is 1. The number of fused-ring (bicyclic) bond motifs is 3. The molecule has 0 aliphatic carbocycles. The first-order valence-corrected chi connectivity index (χ1v) is 5.88. The summed E-state index contributed by atoms with van der Waals surface area (Å²) in [5.74, 6) is 1.75. The fourth-order valence-electron chi connectivity index (χ4n) is 2.56. The van der Waals surface area contributed by atoms with Gasteiger partial charge in [-0.25, -0.2) is 9.67 Å². The van der Waals surface area contributed by atoms with Gasteiger partial charge in [0.1, 0.15) is 5.82 Å². The second-order valence-corrected chi connectivity index (χ2v) is 4.50. The summed E-state index contributed by atoms with van der Waals surface area (Å²) in [6.07, 6.45) is 2.91. The van der Waals surface area contributed by atoms with Gasteiger partial charge in [-0.2, -0.15) is 5.10 Å². The van der Waals surface area contributed by atoms with Crippen molar-refractivity contribution >= 4 is 16.9 Å². The van der Waals surface area contributed by atoms with Crippen LogP contribution in [-0.4, -0.2) is 21.3 Å². The number of pyridine rings is 1. The zero-order valence-corrected chi connectivity index (χ0v) is 9.64. The summed E-state index contributed by atoms with van der Waals surface area (Å²) in [5.41, 5.74) is 0.845. The van der Waals surface area contributed by atoms with E-state index in [0.29, 0.717) is 12.0 Å². The summed E-state index contributed by atoms with van der Waals surface area (Å²) in [7, 11) is 0. The van der Waals surface area contributed by atoms with Crippen LogP contribution < -0.4 is 5.32 Å². The number of aromatic nitrogens is 3. The summed E-state index contributed by atoms with van der Waals surface area (Å²) < 4.78 is 2.12. The molecule has 3 heterocycles. The molecule has 0 fully saturated rings. The standard InChI is InChI=1S/C12H16N4/c1-3-10-8(2)7-14-12-9-5-4-6-13-11(9)15-16(10)12/h4-6,8,10,14H,3,7H2,1-2H3. The highest BCUT2D eigenvalue weighted by Gasteiger charge is 2.27. The zero-order chi connectivity index (χ0) is 11.1. The molecular formula is C12H16N4. The van der Waals surface area contributed by atoms with E-state index >= 15 is 0 Å². The van der Waals surface area contributed by atoms with Crippen molar-refractivity contribution in [3.8, 4) is 0 Å². The molecule has 4 nitrogen and oxygen atoms in total. The SMILES string of the molecule is CCC1C(C)CNc2c3cccnc3nn21. The normalized spacial score (nSPS) is 24.1. The van der Waals surface area contributed by atoms with E-state index in [9.17, 15) is 0 Å². The summed E-state index contributed by atoms with van der Waals surface area (Å²) in [6.45, 7) is 5.51. The monoisotopic (exact) mass is 216 g/mol. The van der Waals surface area contributed by atoms with Gasteiger partial charge >= 0.3 is 0 Å². The van der Waals surface area contributed by atoms with E-state index in [4.69, 9.17) is 0 Å². The van der Waals surface area contributed by atoms with Gasteiger partial charge < -0.3 is 5.32 Å². The highest BCUT2D eigenvalue weighted by molar-refractivity contribution is 5.87. The number of nitrogens with zero attached hydrogens (tertiary/aromatic N) is 3. The summed E-state index contributed by atoms with van der Waals surface area (Å²) in [5, 5.41) is 9.19. The molecule has 16 heavy (non-hydrogen) atoms. The summed E-state index contributed by atoms with van der Waals surface area (Å²) >= 11 is 0. The Bertz CT molecular complexity index is 517. The molecule has 2 atom stereocenters. The molecule has 0 spiro atoms. The van der Waals surface area contributed by atoms with E-state index in [1.54, 1.807) is 6.20 Å². The average Bonchev–Trinajstić information content (AvgIpc) is 2.67. The lowest BCUT2D eigenvalue weighted by Crippen LogP contribution is -2.30. The van der Waals surface area contributed by atoms with Crippen molar-refractivity contribution in [2.45, 2.75) is 26.3 Å². The Morgan fingerprint density at radius 1 is 1.56 bits per heavy atom. The van der Waals surface area contributed by atoms with E-state index in [2.05, 4.69) is 40.0 Å². The maximum absolute atomic E-state index is 4.60. The molecule has 0 saturated heterocycles. The minimum Gasteiger partial charge on any atom is -0.369 e. The molecule has 2 unspecified atom stereocenters. The maximum Gasteiger partial charge on any atom is 0.183 e. The van der Waals surface area contributed by atoms with E-state index in [-0.39, 0.29) is 0 Å². The molecule has 84 valence electrons. The molecule has 3 rings (SSSR count). The predicted octanol–water partition coefficient (Wildman–Crippen LogP) is 2.44. The van der Waals surface area contributed by atoms with E-state index < -0.39 is 0 Å². The Labute approximate surface area is 94.7 Å². The fraction of sp³-hybridized carbons (Fsp3) is 0.500. The number of rotatable bonds is 1. The molecule has 0 aromatic carbocycles. The predicted molar refractivity (Wildman–Crippen MR) is 64.5 cm³/mol. The van der Waals surface area contributed by atoms with Crippen LogP contribution >= 0.6 is 0 Å². The summed E-state index contributed by atoms with van der Waals surface area (Å²) in [4.78, 5) is 4.31. The Kier molecular flexibility index (Phi) is 2.09. The second kappa shape index (κ2) is 3.47. The smallest absolute Gasteiger partial charge is 0.183 e. The van der Waals surface area contributed by atoms with Gasteiger partial charge in [-0.15, -0.1) is 0 Å². The van der Waals surface area contributed by atoms with Crippen molar-refractivity contribution in [1.82, 2.24) is 14.8 Å². The topological polar surface area (TPSA) is 42.7 Å². The average molecular weight is 216 g/mol. The number of hydrogen-bond donors (Lipinski definition) is 1. The number of anilines is 1. The Hall–Kier alpha value is -1.58. The summed E-state index contributed by atoms with van der Waals surface area (Å²) in [6, 6.07) is 4.54. The van der Waals surface area contributed by atoms with Crippen molar-refractivity contribution in [3.63, 3.8) is 0 Å². The van der Waals surface area contributed by atoms with Gasteiger partial charge in [0, 0.05) is 12.7 Å². The third-order valence-electron chi connectivity index (χ3n) is 3.45. The van der Waals surface area contributed by atoms with E-state index in [0.717, 1.165) is 29.8 Å². The van der Waals surface area contributed by atoms with Crippen molar-refractivity contribution in [2.75, 3.05) is 11.9 Å². The lowest BCUT2D eigenvalue weighted by atomic mass is 9.98. The van der Waals surface area contributed by atoms with Crippen LogP contribution in [0.4, 0.5) is 5.82 Å². The van der Waals surface area contributed by atoms with E-state index in [1.807, 2.05) is 6.07 Å². The highest BCUT2D eigenvalue weighted by Crippen LogP contribution is 2.34.